The number of aromatic nitrogens is 2. The van der Waals surface area contributed by atoms with Crippen molar-refractivity contribution in [2.75, 3.05) is 0 Å². The SMILES string of the molecule is Cn1cc(CSc2ccc(C#N)cc2)cn1. The summed E-state index contributed by atoms with van der Waals surface area (Å²) in [6.07, 6.45) is 3.88. The number of hydrogen-bond donors (Lipinski definition) is 0. The molecule has 0 N–H and O–H groups in total. The lowest BCUT2D eigenvalue weighted by molar-refractivity contribution is 0.767. The molecule has 1 aromatic heterocycles. The highest BCUT2D eigenvalue weighted by Crippen LogP contribution is 2.22. The molecule has 0 amide bonds. The average molecular weight is 229 g/mol. The maximum Gasteiger partial charge on any atom is 0.0991 e. The highest BCUT2D eigenvalue weighted by molar-refractivity contribution is 7.98. The van der Waals surface area contributed by atoms with Gasteiger partial charge < -0.3 is 0 Å². The van der Waals surface area contributed by atoms with Crippen LogP contribution in [-0.2, 0) is 12.8 Å². The molecule has 0 aliphatic rings. The van der Waals surface area contributed by atoms with E-state index < -0.39 is 0 Å². The molecule has 80 valence electrons. The number of aryl methyl sites for hydroxylation is 1. The molecular formula is C12H11N3S. The van der Waals surface area contributed by atoms with Gasteiger partial charge in [-0.2, -0.15) is 10.4 Å². The van der Waals surface area contributed by atoms with Gasteiger partial charge in [0.25, 0.3) is 0 Å². The molecule has 16 heavy (non-hydrogen) atoms. The summed E-state index contributed by atoms with van der Waals surface area (Å²) >= 11 is 1.74. The van der Waals surface area contributed by atoms with Crippen molar-refractivity contribution in [1.82, 2.24) is 9.78 Å². The molecule has 0 bridgehead atoms. The van der Waals surface area contributed by atoms with Gasteiger partial charge in [-0.15, -0.1) is 11.8 Å². The second-order valence-electron chi connectivity index (χ2n) is 3.45. The van der Waals surface area contributed by atoms with Crippen LogP contribution < -0.4 is 0 Å². The van der Waals surface area contributed by atoms with E-state index in [0.717, 1.165) is 5.75 Å². The summed E-state index contributed by atoms with van der Waals surface area (Å²) < 4.78 is 1.80. The van der Waals surface area contributed by atoms with Crippen LogP contribution in [0.2, 0.25) is 0 Å². The van der Waals surface area contributed by atoms with E-state index >= 15 is 0 Å². The molecule has 0 aliphatic carbocycles. The van der Waals surface area contributed by atoms with E-state index in [1.54, 1.807) is 16.4 Å². The summed E-state index contributed by atoms with van der Waals surface area (Å²) in [5.74, 6) is 0.903. The lowest BCUT2D eigenvalue weighted by atomic mass is 10.2. The van der Waals surface area contributed by atoms with Crippen molar-refractivity contribution in [3.05, 3.63) is 47.8 Å². The largest absolute Gasteiger partial charge is 0.276 e. The standard InChI is InChI=1S/C12H11N3S/c1-15-8-11(7-14-15)9-16-12-4-2-10(6-13)3-5-12/h2-5,7-8H,9H2,1H3. The van der Waals surface area contributed by atoms with Crippen molar-refractivity contribution in [1.29, 1.82) is 5.26 Å². The van der Waals surface area contributed by atoms with Gasteiger partial charge in [-0.05, 0) is 24.3 Å². The van der Waals surface area contributed by atoms with Gasteiger partial charge >= 0.3 is 0 Å². The normalized spacial score (nSPS) is 10.0. The van der Waals surface area contributed by atoms with E-state index in [2.05, 4.69) is 11.2 Å². The van der Waals surface area contributed by atoms with Crippen LogP contribution >= 0.6 is 11.8 Å². The minimum absolute atomic E-state index is 0.700. The molecule has 1 heterocycles. The molecule has 0 atom stereocenters. The van der Waals surface area contributed by atoms with Gasteiger partial charge in [-0.1, -0.05) is 0 Å². The number of nitrogens with zero attached hydrogens (tertiary/aromatic N) is 3. The molecule has 0 radical (unpaired) electrons. The smallest absolute Gasteiger partial charge is 0.0991 e. The van der Waals surface area contributed by atoms with Crippen molar-refractivity contribution in [2.45, 2.75) is 10.6 Å². The summed E-state index contributed by atoms with van der Waals surface area (Å²) in [5.41, 5.74) is 1.91. The Hall–Kier alpha value is -1.73. The van der Waals surface area contributed by atoms with Crippen LogP contribution in [0, 0.1) is 11.3 Å². The zero-order valence-electron chi connectivity index (χ0n) is 8.92. The zero-order chi connectivity index (χ0) is 11.4. The van der Waals surface area contributed by atoms with E-state index in [1.165, 1.54) is 10.5 Å². The average Bonchev–Trinajstić information content (AvgIpc) is 2.73. The number of nitriles is 1. The quantitative estimate of drug-likeness (QED) is 0.760. The van der Waals surface area contributed by atoms with Crippen LogP contribution in [0.3, 0.4) is 0 Å². The second-order valence-corrected chi connectivity index (χ2v) is 4.50. The minimum Gasteiger partial charge on any atom is -0.276 e. The predicted octanol–water partition coefficient (Wildman–Crippen LogP) is 2.58. The van der Waals surface area contributed by atoms with E-state index in [4.69, 9.17) is 5.26 Å². The van der Waals surface area contributed by atoms with Gasteiger partial charge in [0, 0.05) is 29.5 Å². The van der Waals surface area contributed by atoms with E-state index in [1.807, 2.05) is 43.7 Å². The van der Waals surface area contributed by atoms with Gasteiger partial charge in [0.05, 0.1) is 17.8 Å². The summed E-state index contributed by atoms with van der Waals surface area (Å²) in [4.78, 5) is 1.17. The third-order valence-corrected chi connectivity index (χ3v) is 3.23. The summed E-state index contributed by atoms with van der Waals surface area (Å²) in [7, 11) is 1.91. The molecule has 0 saturated carbocycles. The lowest BCUT2D eigenvalue weighted by Gasteiger charge is -1.99. The van der Waals surface area contributed by atoms with Crippen molar-refractivity contribution >= 4 is 11.8 Å². The van der Waals surface area contributed by atoms with Gasteiger partial charge in [0.15, 0.2) is 0 Å². The summed E-state index contributed by atoms with van der Waals surface area (Å²) in [6.45, 7) is 0. The van der Waals surface area contributed by atoms with Gasteiger partial charge in [-0.3, -0.25) is 4.68 Å². The Balaban J connectivity index is 1.97. The molecule has 0 spiro atoms. The molecule has 1 aromatic carbocycles. The Morgan fingerprint density at radius 3 is 2.69 bits per heavy atom. The third-order valence-electron chi connectivity index (χ3n) is 2.15. The molecule has 2 rings (SSSR count). The van der Waals surface area contributed by atoms with Crippen LogP contribution in [-0.4, -0.2) is 9.78 Å². The first-order chi connectivity index (χ1) is 7.78. The topological polar surface area (TPSA) is 41.6 Å². The predicted molar refractivity (Wildman–Crippen MR) is 63.9 cm³/mol. The fourth-order valence-electron chi connectivity index (χ4n) is 1.34. The Morgan fingerprint density at radius 1 is 1.38 bits per heavy atom. The van der Waals surface area contributed by atoms with Gasteiger partial charge in [0.2, 0.25) is 0 Å². The van der Waals surface area contributed by atoms with Crippen LogP contribution in [0.5, 0.6) is 0 Å². The van der Waals surface area contributed by atoms with Crippen LogP contribution in [0.1, 0.15) is 11.1 Å². The lowest BCUT2D eigenvalue weighted by Crippen LogP contribution is -1.84. The van der Waals surface area contributed by atoms with Crippen molar-refractivity contribution < 1.29 is 0 Å². The molecule has 0 fully saturated rings. The highest BCUT2D eigenvalue weighted by Gasteiger charge is 1.98. The van der Waals surface area contributed by atoms with Gasteiger partial charge in [-0.25, -0.2) is 0 Å². The van der Waals surface area contributed by atoms with Crippen LogP contribution in [0.4, 0.5) is 0 Å². The fraction of sp³-hybridized carbons (Fsp3) is 0.167. The summed E-state index contributed by atoms with van der Waals surface area (Å²) in [5, 5.41) is 12.8. The third kappa shape index (κ3) is 2.65. The van der Waals surface area contributed by atoms with E-state index in [-0.39, 0.29) is 0 Å². The molecule has 0 aliphatic heterocycles. The fourth-order valence-corrected chi connectivity index (χ4v) is 2.15. The van der Waals surface area contributed by atoms with Crippen LogP contribution in [0.25, 0.3) is 0 Å². The van der Waals surface area contributed by atoms with Crippen molar-refractivity contribution in [2.24, 2.45) is 7.05 Å². The molecule has 2 aromatic rings. The highest BCUT2D eigenvalue weighted by atomic mass is 32.2. The molecule has 0 saturated heterocycles. The molecule has 4 heteroatoms. The van der Waals surface area contributed by atoms with Crippen LogP contribution in [0.15, 0.2) is 41.6 Å². The Bertz CT molecular complexity index is 508. The molecule has 0 unspecified atom stereocenters. The molecule has 3 nitrogen and oxygen atoms in total. The first kappa shape index (κ1) is 10.8. The molecular weight excluding hydrogens is 218 g/mol. The Kier molecular flexibility index (Phi) is 3.28. The maximum atomic E-state index is 8.67. The van der Waals surface area contributed by atoms with Crippen molar-refractivity contribution in [3.63, 3.8) is 0 Å². The zero-order valence-corrected chi connectivity index (χ0v) is 9.74. The van der Waals surface area contributed by atoms with Crippen molar-refractivity contribution in [3.8, 4) is 6.07 Å². The van der Waals surface area contributed by atoms with E-state index in [0.29, 0.717) is 5.56 Å². The number of thioether (sulfide) groups is 1. The Labute approximate surface area is 98.7 Å². The first-order valence-electron chi connectivity index (χ1n) is 4.88. The number of rotatable bonds is 3. The van der Waals surface area contributed by atoms with E-state index in [9.17, 15) is 0 Å². The second kappa shape index (κ2) is 4.86. The Morgan fingerprint density at radius 2 is 2.12 bits per heavy atom. The van der Waals surface area contributed by atoms with Gasteiger partial charge in [0.1, 0.15) is 0 Å². The monoisotopic (exact) mass is 229 g/mol. The maximum absolute atomic E-state index is 8.67. The minimum atomic E-state index is 0.700. The first-order valence-corrected chi connectivity index (χ1v) is 5.87. The number of hydrogen-bond acceptors (Lipinski definition) is 3. The summed E-state index contributed by atoms with van der Waals surface area (Å²) in [6, 6.07) is 9.73. The number of benzene rings is 1.